The van der Waals surface area contributed by atoms with Crippen LogP contribution in [0.5, 0.6) is 5.88 Å². The number of amides is 1. The van der Waals surface area contributed by atoms with Crippen LogP contribution >= 0.6 is 0 Å². The molecule has 18 heavy (non-hydrogen) atoms. The molecule has 1 N–H and O–H groups in total. The number of anilines is 1. The molecule has 6 heteroatoms. The number of hydrogen-bond donors (Lipinski definition) is 1. The van der Waals surface area contributed by atoms with Gasteiger partial charge in [-0.05, 0) is 13.3 Å². The van der Waals surface area contributed by atoms with Crippen LogP contribution in [0.25, 0.3) is 0 Å². The van der Waals surface area contributed by atoms with Crippen LogP contribution < -0.4 is 10.1 Å². The van der Waals surface area contributed by atoms with Crippen molar-refractivity contribution in [1.29, 1.82) is 0 Å². The van der Waals surface area contributed by atoms with Crippen molar-refractivity contribution in [2.24, 2.45) is 0 Å². The van der Waals surface area contributed by atoms with Crippen LogP contribution in [0.4, 0.5) is 5.82 Å². The number of aromatic nitrogens is 2. The number of nitrogens with zero attached hydrogens (tertiary/aromatic N) is 3. The van der Waals surface area contributed by atoms with E-state index in [-0.39, 0.29) is 11.9 Å². The van der Waals surface area contributed by atoms with E-state index in [1.54, 1.807) is 17.3 Å². The summed E-state index contributed by atoms with van der Waals surface area (Å²) >= 11 is 0. The van der Waals surface area contributed by atoms with Gasteiger partial charge in [-0.15, -0.1) is 0 Å². The summed E-state index contributed by atoms with van der Waals surface area (Å²) in [5.74, 6) is 1.40. The molecule has 1 aromatic heterocycles. The summed E-state index contributed by atoms with van der Waals surface area (Å²) in [5, 5.41) is 3.28. The van der Waals surface area contributed by atoms with Crippen LogP contribution in [0, 0.1) is 0 Å². The third kappa shape index (κ3) is 3.09. The minimum Gasteiger partial charge on any atom is -0.477 e. The van der Waals surface area contributed by atoms with E-state index in [2.05, 4.69) is 15.3 Å². The number of piperidine rings is 1. The second-order valence-electron chi connectivity index (χ2n) is 4.33. The van der Waals surface area contributed by atoms with Crippen molar-refractivity contribution in [3.63, 3.8) is 0 Å². The Hall–Kier alpha value is -1.85. The van der Waals surface area contributed by atoms with Crippen molar-refractivity contribution < 1.29 is 9.53 Å². The van der Waals surface area contributed by atoms with E-state index in [4.69, 9.17) is 4.74 Å². The molecule has 0 saturated carbocycles. The van der Waals surface area contributed by atoms with Crippen LogP contribution in [0.15, 0.2) is 12.4 Å². The SMILES string of the molecule is CCOc1cncc(N[C@@H]2CCC(=O)N(C)C2)n1. The van der Waals surface area contributed by atoms with Crippen molar-refractivity contribution in [3.8, 4) is 5.88 Å². The molecule has 1 saturated heterocycles. The van der Waals surface area contributed by atoms with Gasteiger partial charge in [0.05, 0.1) is 19.0 Å². The summed E-state index contributed by atoms with van der Waals surface area (Å²) in [4.78, 5) is 21.5. The highest BCUT2D eigenvalue weighted by molar-refractivity contribution is 5.76. The first-order valence-corrected chi connectivity index (χ1v) is 6.14. The molecule has 0 aliphatic carbocycles. The zero-order chi connectivity index (χ0) is 13.0. The van der Waals surface area contributed by atoms with Gasteiger partial charge >= 0.3 is 0 Å². The first kappa shape index (κ1) is 12.6. The maximum Gasteiger partial charge on any atom is 0.234 e. The molecule has 1 amide bonds. The Morgan fingerprint density at radius 1 is 1.56 bits per heavy atom. The number of likely N-dealkylation sites (tertiary alicyclic amines) is 1. The average molecular weight is 250 g/mol. The summed E-state index contributed by atoms with van der Waals surface area (Å²) in [5.41, 5.74) is 0. The molecule has 0 aromatic carbocycles. The fraction of sp³-hybridized carbons (Fsp3) is 0.583. The molecule has 2 heterocycles. The molecule has 0 spiro atoms. The van der Waals surface area contributed by atoms with E-state index < -0.39 is 0 Å². The predicted octanol–water partition coefficient (Wildman–Crippen LogP) is 0.908. The number of carbonyl (C=O) groups excluding carboxylic acids is 1. The Kier molecular flexibility index (Phi) is 3.96. The molecule has 0 unspecified atom stereocenters. The van der Waals surface area contributed by atoms with Crippen molar-refractivity contribution in [2.75, 3.05) is 25.5 Å². The number of hydrogen-bond acceptors (Lipinski definition) is 5. The van der Waals surface area contributed by atoms with Gasteiger partial charge in [0.1, 0.15) is 5.82 Å². The monoisotopic (exact) mass is 250 g/mol. The van der Waals surface area contributed by atoms with Gasteiger partial charge in [0.2, 0.25) is 11.8 Å². The number of likely N-dealkylation sites (N-methyl/N-ethyl adjacent to an activating group) is 1. The molecule has 2 rings (SSSR count). The van der Waals surface area contributed by atoms with Crippen molar-refractivity contribution >= 4 is 11.7 Å². The highest BCUT2D eigenvalue weighted by Gasteiger charge is 2.22. The fourth-order valence-electron chi connectivity index (χ4n) is 1.97. The molecule has 1 aliphatic heterocycles. The van der Waals surface area contributed by atoms with E-state index in [1.165, 1.54) is 0 Å². The van der Waals surface area contributed by atoms with Crippen LogP contribution in [0.1, 0.15) is 19.8 Å². The third-order valence-electron chi connectivity index (χ3n) is 2.88. The van der Waals surface area contributed by atoms with E-state index >= 15 is 0 Å². The van der Waals surface area contributed by atoms with Crippen molar-refractivity contribution in [3.05, 3.63) is 12.4 Å². The van der Waals surface area contributed by atoms with Crippen LogP contribution in [-0.4, -0.2) is 47.0 Å². The molecule has 0 bridgehead atoms. The van der Waals surface area contributed by atoms with Gasteiger partial charge in [0, 0.05) is 26.1 Å². The van der Waals surface area contributed by atoms with Crippen LogP contribution in [0.2, 0.25) is 0 Å². The molecule has 1 atom stereocenters. The smallest absolute Gasteiger partial charge is 0.234 e. The lowest BCUT2D eigenvalue weighted by Crippen LogP contribution is -2.43. The van der Waals surface area contributed by atoms with Gasteiger partial charge in [0.15, 0.2) is 0 Å². The average Bonchev–Trinajstić information content (AvgIpc) is 2.35. The lowest BCUT2D eigenvalue weighted by molar-refractivity contribution is -0.132. The minimum absolute atomic E-state index is 0.196. The maximum atomic E-state index is 11.4. The molecule has 0 radical (unpaired) electrons. The second kappa shape index (κ2) is 5.66. The van der Waals surface area contributed by atoms with E-state index in [0.717, 1.165) is 6.42 Å². The summed E-state index contributed by atoms with van der Waals surface area (Å²) in [7, 11) is 1.82. The first-order valence-electron chi connectivity index (χ1n) is 6.14. The molecule has 1 aliphatic rings. The lowest BCUT2D eigenvalue weighted by atomic mass is 10.1. The summed E-state index contributed by atoms with van der Waals surface area (Å²) in [6, 6.07) is 0.221. The first-order chi connectivity index (χ1) is 8.69. The zero-order valence-corrected chi connectivity index (χ0v) is 10.7. The Labute approximate surface area is 106 Å². The van der Waals surface area contributed by atoms with Crippen molar-refractivity contribution in [1.82, 2.24) is 14.9 Å². The van der Waals surface area contributed by atoms with E-state index in [9.17, 15) is 4.79 Å². The summed E-state index contributed by atoms with van der Waals surface area (Å²) < 4.78 is 5.30. The van der Waals surface area contributed by atoms with Crippen molar-refractivity contribution in [2.45, 2.75) is 25.8 Å². The lowest BCUT2D eigenvalue weighted by Gasteiger charge is -2.30. The largest absolute Gasteiger partial charge is 0.477 e. The molecule has 1 aromatic rings. The number of ether oxygens (including phenoxy) is 1. The van der Waals surface area contributed by atoms with Gasteiger partial charge in [-0.3, -0.25) is 9.78 Å². The van der Waals surface area contributed by atoms with Gasteiger partial charge in [-0.1, -0.05) is 0 Å². The van der Waals surface area contributed by atoms with Gasteiger partial charge < -0.3 is 15.0 Å². The normalized spacial score (nSPS) is 19.8. The maximum absolute atomic E-state index is 11.4. The Morgan fingerprint density at radius 3 is 3.11 bits per heavy atom. The van der Waals surface area contributed by atoms with Crippen LogP contribution in [-0.2, 0) is 4.79 Å². The Balaban J connectivity index is 1.96. The summed E-state index contributed by atoms with van der Waals surface area (Å²) in [6.07, 6.45) is 4.65. The Bertz CT molecular complexity index is 424. The number of nitrogens with one attached hydrogen (secondary N) is 1. The topological polar surface area (TPSA) is 67.3 Å². The van der Waals surface area contributed by atoms with Gasteiger partial charge in [0.25, 0.3) is 0 Å². The standard InChI is InChI=1S/C12H18N4O2/c1-3-18-11-7-13-6-10(15-11)14-9-4-5-12(17)16(2)8-9/h6-7,9H,3-5,8H2,1-2H3,(H,14,15)/t9-/m1/s1. The molecule has 1 fully saturated rings. The zero-order valence-electron chi connectivity index (χ0n) is 10.7. The second-order valence-corrected chi connectivity index (χ2v) is 4.33. The predicted molar refractivity (Wildman–Crippen MR) is 67.5 cm³/mol. The molecular weight excluding hydrogens is 232 g/mol. The third-order valence-corrected chi connectivity index (χ3v) is 2.88. The molecule has 6 nitrogen and oxygen atoms in total. The highest BCUT2D eigenvalue weighted by Crippen LogP contribution is 2.15. The number of rotatable bonds is 4. The minimum atomic E-state index is 0.196. The molecule has 98 valence electrons. The van der Waals surface area contributed by atoms with Gasteiger partial charge in [-0.25, -0.2) is 0 Å². The van der Waals surface area contributed by atoms with Gasteiger partial charge in [-0.2, -0.15) is 4.98 Å². The molecular formula is C12H18N4O2. The fourth-order valence-corrected chi connectivity index (χ4v) is 1.97. The highest BCUT2D eigenvalue weighted by atomic mass is 16.5. The van der Waals surface area contributed by atoms with Crippen LogP contribution in [0.3, 0.4) is 0 Å². The number of carbonyl (C=O) groups is 1. The Morgan fingerprint density at radius 2 is 2.39 bits per heavy atom. The van der Waals surface area contributed by atoms with E-state index in [0.29, 0.717) is 31.3 Å². The van der Waals surface area contributed by atoms with E-state index in [1.807, 2.05) is 14.0 Å². The summed E-state index contributed by atoms with van der Waals surface area (Å²) in [6.45, 7) is 3.17. The quantitative estimate of drug-likeness (QED) is 0.860.